The van der Waals surface area contributed by atoms with E-state index in [1.54, 1.807) is 0 Å². The number of hydrogen-bond donors (Lipinski definition) is 1. The molecule has 0 saturated carbocycles. The number of carbonyl (C=O) groups excluding carboxylic acids is 1. The maximum atomic E-state index is 12.6. The molecular weight excluding hydrogens is 336 g/mol. The Hall–Kier alpha value is -2.92. The van der Waals surface area contributed by atoms with Crippen LogP contribution in [0.2, 0.25) is 0 Å². The second-order valence-corrected chi connectivity index (χ2v) is 7.02. The zero-order chi connectivity index (χ0) is 18.8. The number of nitrogens with zero attached hydrogens (tertiary/aromatic N) is 3. The van der Waals surface area contributed by atoms with Crippen LogP contribution in [0, 0.1) is 13.8 Å². The van der Waals surface area contributed by atoms with Crippen molar-refractivity contribution in [2.24, 2.45) is 0 Å². The largest absolute Gasteiger partial charge is 0.336 e. The highest BCUT2D eigenvalue weighted by Crippen LogP contribution is 2.25. The molecule has 138 valence electrons. The van der Waals surface area contributed by atoms with Gasteiger partial charge in [-0.15, -0.1) is 0 Å². The van der Waals surface area contributed by atoms with Crippen molar-refractivity contribution in [3.8, 4) is 16.8 Å². The summed E-state index contributed by atoms with van der Waals surface area (Å²) in [5.41, 5.74) is 6.20. The molecule has 0 bridgehead atoms. The number of rotatable bonds is 3. The predicted octanol–water partition coefficient (Wildman–Crippen LogP) is 3.20. The lowest BCUT2D eigenvalue weighted by molar-refractivity contribution is 0.0736. The van der Waals surface area contributed by atoms with Crippen LogP contribution < -0.4 is 5.32 Å². The number of hydrogen-bond acceptors (Lipinski definition) is 3. The lowest BCUT2D eigenvalue weighted by atomic mass is 10.0. The van der Waals surface area contributed by atoms with Crippen molar-refractivity contribution in [2.45, 2.75) is 13.8 Å². The highest BCUT2D eigenvalue weighted by atomic mass is 16.2. The van der Waals surface area contributed by atoms with Crippen molar-refractivity contribution in [3.63, 3.8) is 0 Å². The first-order valence-electron chi connectivity index (χ1n) is 9.35. The fourth-order valence-electron chi connectivity index (χ4n) is 3.44. The lowest BCUT2D eigenvalue weighted by Gasteiger charge is -2.27. The van der Waals surface area contributed by atoms with Crippen LogP contribution in [0.25, 0.3) is 16.8 Å². The van der Waals surface area contributed by atoms with Crippen molar-refractivity contribution in [1.82, 2.24) is 20.0 Å². The minimum Gasteiger partial charge on any atom is -0.336 e. The SMILES string of the molecule is Cc1ccn(-c2cc(-c3ccc(C(=O)N4CCNCC4)cc3)ccc2C)n1. The zero-order valence-electron chi connectivity index (χ0n) is 15.8. The molecule has 1 aliphatic rings. The van der Waals surface area contributed by atoms with E-state index < -0.39 is 0 Å². The quantitative estimate of drug-likeness (QED) is 0.780. The van der Waals surface area contributed by atoms with E-state index in [1.165, 1.54) is 5.56 Å². The van der Waals surface area contributed by atoms with Crippen LogP contribution in [0.3, 0.4) is 0 Å². The van der Waals surface area contributed by atoms with Crippen molar-refractivity contribution >= 4 is 5.91 Å². The predicted molar refractivity (Wildman–Crippen MR) is 107 cm³/mol. The minimum atomic E-state index is 0.111. The molecule has 1 saturated heterocycles. The fraction of sp³-hybridized carbons (Fsp3) is 0.273. The standard InChI is InChI=1S/C22H24N4O/c1-16-3-4-20(15-21(16)26-12-9-17(2)24-26)18-5-7-19(8-6-18)22(27)25-13-10-23-11-14-25/h3-9,12,15,23H,10-11,13-14H2,1-2H3. The van der Waals surface area contributed by atoms with Crippen LogP contribution in [-0.2, 0) is 0 Å². The number of amides is 1. The lowest BCUT2D eigenvalue weighted by Crippen LogP contribution is -2.46. The highest BCUT2D eigenvalue weighted by Gasteiger charge is 2.17. The average molecular weight is 360 g/mol. The molecule has 3 aromatic rings. The summed E-state index contributed by atoms with van der Waals surface area (Å²) in [6.45, 7) is 7.34. The fourth-order valence-corrected chi connectivity index (χ4v) is 3.44. The minimum absolute atomic E-state index is 0.111. The molecule has 1 fully saturated rings. The van der Waals surface area contributed by atoms with Gasteiger partial charge in [0.15, 0.2) is 0 Å². The van der Waals surface area contributed by atoms with Crippen LogP contribution in [0.5, 0.6) is 0 Å². The first kappa shape index (κ1) is 17.5. The molecular formula is C22H24N4O. The van der Waals surface area contributed by atoms with Crippen LogP contribution in [0.4, 0.5) is 0 Å². The molecule has 0 spiro atoms. The van der Waals surface area contributed by atoms with E-state index in [2.05, 4.69) is 35.5 Å². The monoisotopic (exact) mass is 360 g/mol. The maximum absolute atomic E-state index is 12.6. The zero-order valence-corrected chi connectivity index (χ0v) is 15.8. The third kappa shape index (κ3) is 3.64. The molecule has 1 amide bonds. The third-order valence-electron chi connectivity index (χ3n) is 5.05. The van der Waals surface area contributed by atoms with E-state index in [-0.39, 0.29) is 5.91 Å². The van der Waals surface area contributed by atoms with Crippen molar-refractivity contribution < 1.29 is 4.79 Å². The molecule has 4 rings (SSSR count). The normalized spacial score (nSPS) is 14.4. The summed E-state index contributed by atoms with van der Waals surface area (Å²) in [7, 11) is 0. The molecule has 0 atom stereocenters. The van der Waals surface area contributed by atoms with E-state index in [0.29, 0.717) is 0 Å². The van der Waals surface area contributed by atoms with Gasteiger partial charge < -0.3 is 10.2 Å². The molecule has 27 heavy (non-hydrogen) atoms. The summed E-state index contributed by atoms with van der Waals surface area (Å²) in [6.07, 6.45) is 1.98. The molecule has 5 nitrogen and oxygen atoms in total. The average Bonchev–Trinajstić information content (AvgIpc) is 3.15. The van der Waals surface area contributed by atoms with Crippen LogP contribution in [-0.4, -0.2) is 46.8 Å². The molecule has 2 heterocycles. The maximum Gasteiger partial charge on any atom is 0.253 e. The second-order valence-electron chi connectivity index (χ2n) is 7.02. The topological polar surface area (TPSA) is 50.2 Å². The molecule has 0 unspecified atom stereocenters. The molecule has 2 aromatic carbocycles. The molecule has 1 aromatic heterocycles. The van der Waals surface area contributed by atoms with Gasteiger partial charge in [-0.2, -0.15) is 5.10 Å². The van der Waals surface area contributed by atoms with Gasteiger partial charge in [-0.1, -0.05) is 24.3 Å². The van der Waals surface area contributed by atoms with E-state index in [9.17, 15) is 4.79 Å². The van der Waals surface area contributed by atoms with Crippen LogP contribution in [0.15, 0.2) is 54.7 Å². The summed E-state index contributed by atoms with van der Waals surface area (Å²) in [5.74, 6) is 0.111. The Bertz CT molecular complexity index is 953. The molecule has 1 N–H and O–H groups in total. The Morgan fingerprint density at radius 1 is 0.963 bits per heavy atom. The second kappa shape index (κ2) is 7.37. The van der Waals surface area contributed by atoms with E-state index in [4.69, 9.17) is 0 Å². The van der Waals surface area contributed by atoms with Gasteiger partial charge in [0.2, 0.25) is 0 Å². The summed E-state index contributed by atoms with van der Waals surface area (Å²) < 4.78 is 1.91. The molecule has 1 aliphatic heterocycles. The first-order valence-corrected chi connectivity index (χ1v) is 9.35. The summed E-state index contributed by atoms with van der Waals surface area (Å²) in [4.78, 5) is 14.5. The third-order valence-corrected chi connectivity index (χ3v) is 5.05. The highest BCUT2D eigenvalue weighted by molar-refractivity contribution is 5.94. The number of aromatic nitrogens is 2. The Kier molecular flexibility index (Phi) is 4.77. The summed E-state index contributed by atoms with van der Waals surface area (Å²) in [5, 5.41) is 7.80. The number of carbonyl (C=O) groups is 1. The van der Waals surface area contributed by atoms with Crippen molar-refractivity contribution in [1.29, 1.82) is 0 Å². The van der Waals surface area contributed by atoms with Crippen LogP contribution >= 0.6 is 0 Å². The van der Waals surface area contributed by atoms with Gasteiger partial charge >= 0.3 is 0 Å². The van der Waals surface area contributed by atoms with Gasteiger partial charge in [0.05, 0.1) is 11.4 Å². The Labute approximate surface area is 159 Å². The number of aryl methyl sites for hydroxylation is 2. The Balaban J connectivity index is 1.59. The van der Waals surface area contributed by atoms with E-state index in [1.807, 2.05) is 53.0 Å². The van der Waals surface area contributed by atoms with Gasteiger partial charge in [0.1, 0.15) is 0 Å². The van der Waals surface area contributed by atoms with Gasteiger partial charge in [0, 0.05) is 37.9 Å². The van der Waals surface area contributed by atoms with Gasteiger partial charge in [-0.3, -0.25) is 4.79 Å². The van der Waals surface area contributed by atoms with Crippen molar-refractivity contribution in [3.05, 3.63) is 71.5 Å². The van der Waals surface area contributed by atoms with E-state index in [0.717, 1.165) is 54.3 Å². The number of piperazine rings is 1. The summed E-state index contributed by atoms with van der Waals surface area (Å²) >= 11 is 0. The summed E-state index contributed by atoms with van der Waals surface area (Å²) in [6, 6.07) is 16.3. The van der Waals surface area contributed by atoms with Gasteiger partial charge in [-0.05, 0) is 54.8 Å². The molecule has 0 radical (unpaired) electrons. The molecule has 0 aliphatic carbocycles. The van der Waals surface area contributed by atoms with Gasteiger partial charge in [-0.25, -0.2) is 4.68 Å². The van der Waals surface area contributed by atoms with E-state index >= 15 is 0 Å². The van der Waals surface area contributed by atoms with Gasteiger partial charge in [0.25, 0.3) is 5.91 Å². The first-order chi connectivity index (χ1) is 13.1. The number of benzene rings is 2. The van der Waals surface area contributed by atoms with Crippen LogP contribution in [0.1, 0.15) is 21.6 Å². The smallest absolute Gasteiger partial charge is 0.253 e. The molecule has 5 heteroatoms. The van der Waals surface area contributed by atoms with Crippen molar-refractivity contribution in [2.75, 3.05) is 26.2 Å². The Morgan fingerprint density at radius 2 is 1.67 bits per heavy atom. The number of nitrogens with one attached hydrogen (secondary N) is 1. The Morgan fingerprint density at radius 3 is 2.33 bits per heavy atom.